The molecule has 8 heteroatoms. The SMILES string of the molecule is CC(C(=O)Nc1ccc(NC(=O)COc2ccccc2)cc1)n1cncn1. The van der Waals surface area contributed by atoms with Gasteiger partial charge in [-0.3, -0.25) is 9.59 Å². The van der Waals surface area contributed by atoms with E-state index in [-0.39, 0.29) is 18.4 Å². The Labute approximate surface area is 156 Å². The molecule has 0 saturated carbocycles. The summed E-state index contributed by atoms with van der Waals surface area (Å²) in [5.41, 5.74) is 1.23. The number of benzene rings is 2. The third kappa shape index (κ3) is 5.15. The molecule has 138 valence electrons. The van der Waals surface area contributed by atoms with Crippen molar-refractivity contribution in [1.29, 1.82) is 0 Å². The molecule has 0 aliphatic heterocycles. The van der Waals surface area contributed by atoms with E-state index in [2.05, 4.69) is 20.7 Å². The molecule has 0 radical (unpaired) electrons. The number of nitrogens with one attached hydrogen (secondary N) is 2. The molecule has 3 aromatic rings. The van der Waals surface area contributed by atoms with Gasteiger partial charge in [-0.1, -0.05) is 18.2 Å². The van der Waals surface area contributed by atoms with Gasteiger partial charge in [0.1, 0.15) is 24.4 Å². The van der Waals surface area contributed by atoms with Crippen LogP contribution in [0.1, 0.15) is 13.0 Å². The van der Waals surface area contributed by atoms with Gasteiger partial charge in [0.05, 0.1) is 0 Å². The largest absolute Gasteiger partial charge is 0.484 e. The van der Waals surface area contributed by atoms with Crippen molar-refractivity contribution < 1.29 is 14.3 Å². The van der Waals surface area contributed by atoms with Crippen LogP contribution in [0.4, 0.5) is 11.4 Å². The summed E-state index contributed by atoms with van der Waals surface area (Å²) in [7, 11) is 0. The fraction of sp³-hybridized carbons (Fsp3) is 0.158. The van der Waals surface area contributed by atoms with Crippen LogP contribution >= 0.6 is 0 Å². The Bertz CT molecular complexity index is 879. The second-order valence-corrected chi connectivity index (χ2v) is 5.77. The zero-order valence-corrected chi connectivity index (χ0v) is 14.7. The van der Waals surface area contributed by atoms with E-state index in [9.17, 15) is 9.59 Å². The van der Waals surface area contributed by atoms with Gasteiger partial charge in [-0.05, 0) is 43.3 Å². The molecule has 0 aliphatic carbocycles. The second kappa shape index (κ2) is 8.61. The van der Waals surface area contributed by atoms with Crippen LogP contribution in [0, 0.1) is 0 Å². The predicted molar refractivity (Wildman–Crippen MR) is 100 cm³/mol. The number of hydrogen-bond acceptors (Lipinski definition) is 5. The minimum Gasteiger partial charge on any atom is -0.484 e. The summed E-state index contributed by atoms with van der Waals surface area (Å²) < 4.78 is 6.86. The number of anilines is 2. The molecule has 2 N–H and O–H groups in total. The molecule has 27 heavy (non-hydrogen) atoms. The minimum atomic E-state index is -0.484. The first-order valence-corrected chi connectivity index (χ1v) is 8.34. The normalized spacial score (nSPS) is 11.4. The molecule has 2 amide bonds. The van der Waals surface area contributed by atoms with E-state index in [4.69, 9.17) is 4.74 Å². The molecule has 8 nitrogen and oxygen atoms in total. The van der Waals surface area contributed by atoms with Gasteiger partial charge in [0, 0.05) is 11.4 Å². The molecule has 1 aromatic heterocycles. The van der Waals surface area contributed by atoms with Crippen molar-refractivity contribution in [2.75, 3.05) is 17.2 Å². The van der Waals surface area contributed by atoms with E-state index in [0.29, 0.717) is 17.1 Å². The molecule has 1 heterocycles. The van der Waals surface area contributed by atoms with Gasteiger partial charge in [-0.25, -0.2) is 9.67 Å². The minimum absolute atomic E-state index is 0.0854. The molecule has 0 fully saturated rings. The smallest absolute Gasteiger partial charge is 0.262 e. The molecule has 1 unspecified atom stereocenters. The van der Waals surface area contributed by atoms with Crippen LogP contribution in [0.5, 0.6) is 5.75 Å². The van der Waals surface area contributed by atoms with Crippen LogP contribution < -0.4 is 15.4 Å². The Morgan fingerprint density at radius 3 is 2.33 bits per heavy atom. The maximum Gasteiger partial charge on any atom is 0.262 e. The van der Waals surface area contributed by atoms with Crippen molar-refractivity contribution in [3.05, 3.63) is 67.3 Å². The first kappa shape index (κ1) is 18.1. The third-order valence-corrected chi connectivity index (χ3v) is 3.76. The molecule has 0 bridgehead atoms. The highest BCUT2D eigenvalue weighted by Gasteiger charge is 2.15. The van der Waals surface area contributed by atoms with Gasteiger partial charge < -0.3 is 15.4 Å². The van der Waals surface area contributed by atoms with E-state index < -0.39 is 6.04 Å². The lowest BCUT2D eigenvalue weighted by Gasteiger charge is -2.12. The van der Waals surface area contributed by atoms with E-state index in [1.165, 1.54) is 17.3 Å². The number of nitrogens with zero attached hydrogens (tertiary/aromatic N) is 3. The van der Waals surface area contributed by atoms with Crippen LogP contribution in [-0.4, -0.2) is 33.2 Å². The fourth-order valence-corrected chi connectivity index (χ4v) is 2.28. The highest BCUT2D eigenvalue weighted by molar-refractivity contribution is 5.94. The van der Waals surface area contributed by atoms with Gasteiger partial charge in [0.25, 0.3) is 5.91 Å². The second-order valence-electron chi connectivity index (χ2n) is 5.77. The molecule has 0 saturated heterocycles. The third-order valence-electron chi connectivity index (χ3n) is 3.76. The quantitative estimate of drug-likeness (QED) is 0.670. The molecule has 3 rings (SSSR count). The maximum absolute atomic E-state index is 12.2. The van der Waals surface area contributed by atoms with E-state index in [1.54, 1.807) is 43.3 Å². The Kier molecular flexibility index (Phi) is 5.78. The fourth-order valence-electron chi connectivity index (χ4n) is 2.28. The molecular weight excluding hydrogens is 346 g/mol. The lowest BCUT2D eigenvalue weighted by Crippen LogP contribution is -2.24. The van der Waals surface area contributed by atoms with Crippen molar-refractivity contribution in [2.45, 2.75) is 13.0 Å². The highest BCUT2D eigenvalue weighted by atomic mass is 16.5. The van der Waals surface area contributed by atoms with E-state index >= 15 is 0 Å². The van der Waals surface area contributed by atoms with Gasteiger partial charge in [0.2, 0.25) is 5.91 Å². The average molecular weight is 365 g/mol. The summed E-state index contributed by atoms with van der Waals surface area (Å²) in [6.07, 6.45) is 2.86. The number of amides is 2. The van der Waals surface area contributed by atoms with E-state index in [0.717, 1.165) is 0 Å². The molecule has 0 spiro atoms. The van der Waals surface area contributed by atoms with Crippen LogP contribution in [-0.2, 0) is 9.59 Å². The van der Waals surface area contributed by atoms with Crippen LogP contribution in [0.2, 0.25) is 0 Å². The maximum atomic E-state index is 12.2. The highest BCUT2D eigenvalue weighted by Crippen LogP contribution is 2.16. The monoisotopic (exact) mass is 365 g/mol. The van der Waals surface area contributed by atoms with Crippen LogP contribution in [0.15, 0.2) is 67.3 Å². The summed E-state index contributed by atoms with van der Waals surface area (Å²) in [5.74, 6) is 0.149. The van der Waals surface area contributed by atoms with Gasteiger partial charge in [0.15, 0.2) is 6.61 Å². The summed E-state index contributed by atoms with van der Waals surface area (Å²) in [6, 6.07) is 15.5. The van der Waals surface area contributed by atoms with E-state index in [1.807, 2.05) is 18.2 Å². The zero-order chi connectivity index (χ0) is 19.1. The summed E-state index contributed by atoms with van der Waals surface area (Å²) in [5, 5.41) is 9.48. The van der Waals surface area contributed by atoms with Crippen molar-refractivity contribution in [1.82, 2.24) is 14.8 Å². The Balaban J connectivity index is 1.49. The van der Waals surface area contributed by atoms with Crippen molar-refractivity contribution in [3.8, 4) is 5.75 Å². The summed E-state index contributed by atoms with van der Waals surface area (Å²) in [6.45, 7) is 1.64. The number of rotatable bonds is 7. The Morgan fingerprint density at radius 2 is 1.70 bits per heavy atom. The molecule has 2 aromatic carbocycles. The number of aromatic nitrogens is 3. The lowest BCUT2D eigenvalue weighted by atomic mass is 10.2. The molecular formula is C19H19N5O3. The lowest BCUT2D eigenvalue weighted by molar-refractivity contribution is -0.119. The number of ether oxygens (including phenoxy) is 1. The summed E-state index contributed by atoms with van der Waals surface area (Å²) in [4.78, 5) is 28.0. The van der Waals surface area contributed by atoms with Crippen LogP contribution in [0.25, 0.3) is 0 Å². The zero-order valence-electron chi connectivity index (χ0n) is 14.7. The first-order valence-electron chi connectivity index (χ1n) is 8.34. The molecule has 1 atom stereocenters. The summed E-state index contributed by atoms with van der Waals surface area (Å²) >= 11 is 0. The van der Waals surface area contributed by atoms with Gasteiger partial charge in [-0.2, -0.15) is 5.10 Å². The number of para-hydroxylation sites is 1. The number of hydrogen-bond donors (Lipinski definition) is 2. The van der Waals surface area contributed by atoms with Crippen molar-refractivity contribution >= 4 is 23.2 Å². The molecule has 0 aliphatic rings. The van der Waals surface area contributed by atoms with Crippen molar-refractivity contribution in [3.63, 3.8) is 0 Å². The van der Waals surface area contributed by atoms with Crippen molar-refractivity contribution in [2.24, 2.45) is 0 Å². The van der Waals surface area contributed by atoms with Gasteiger partial charge in [-0.15, -0.1) is 0 Å². The Morgan fingerprint density at radius 1 is 1.04 bits per heavy atom. The standard InChI is InChI=1S/C19H19N5O3/c1-14(24-13-20-12-21-24)19(26)23-16-9-7-15(8-10-16)22-18(25)11-27-17-5-3-2-4-6-17/h2-10,12-14H,11H2,1H3,(H,22,25)(H,23,26). The number of carbonyl (C=O) groups excluding carboxylic acids is 2. The Hall–Kier alpha value is -3.68. The topological polar surface area (TPSA) is 98.1 Å². The van der Waals surface area contributed by atoms with Gasteiger partial charge >= 0.3 is 0 Å². The number of carbonyl (C=O) groups is 2. The predicted octanol–water partition coefficient (Wildman–Crippen LogP) is 2.50. The van der Waals surface area contributed by atoms with Crippen LogP contribution in [0.3, 0.4) is 0 Å². The average Bonchev–Trinajstić information content (AvgIpc) is 3.23. The first-order chi connectivity index (χ1) is 13.1.